The van der Waals surface area contributed by atoms with E-state index in [1.54, 1.807) is 30.2 Å². The molecule has 0 atom stereocenters. The second-order valence-corrected chi connectivity index (χ2v) is 6.13. The van der Waals surface area contributed by atoms with Crippen molar-refractivity contribution in [1.82, 2.24) is 4.90 Å². The average molecular weight is 371 g/mol. The Balaban J connectivity index is 1.76. The predicted octanol–water partition coefficient (Wildman–Crippen LogP) is 2.33. The fourth-order valence-corrected chi connectivity index (χ4v) is 2.91. The van der Waals surface area contributed by atoms with Crippen LogP contribution in [0.25, 0.3) is 0 Å². The summed E-state index contributed by atoms with van der Waals surface area (Å²) in [6.45, 7) is 1.35. The number of amides is 1. The van der Waals surface area contributed by atoms with Crippen LogP contribution < -0.4 is 9.47 Å². The Morgan fingerprint density at radius 1 is 1.15 bits per heavy atom. The Hall–Kier alpha value is -3.06. The number of carboxylic acids is 1. The maximum absolute atomic E-state index is 12.9. The van der Waals surface area contributed by atoms with Gasteiger partial charge in [-0.2, -0.15) is 0 Å². The van der Waals surface area contributed by atoms with Crippen molar-refractivity contribution in [3.63, 3.8) is 0 Å². The molecule has 27 heavy (non-hydrogen) atoms. The lowest BCUT2D eigenvalue weighted by molar-refractivity contribution is -0.131. The Morgan fingerprint density at radius 2 is 1.93 bits per heavy atom. The second-order valence-electron chi connectivity index (χ2n) is 6.13. The third-order valence-electron chi connectivity index (χ3n) is 4.32. The average Bonchev–Trinajstić information content (AvgIpc) is 3.13. The van der Waals surface area contributed by atoms with Crippen molar-refractivity contribution in [3.05, 3.63) is 59.2 Å². The van der Waals surface area contributed by atoms with Crippen LogP contribution in [-0.4, -0.2) is 48.9 Å². The van der Waals surface area contributed by atoms with Crippen molar-refractivity contribution in [2.24, 2.45) is 0 Å². The van der Waals surface area contributed by atoms with Crippen LogP contribution in [0.3, 0.4) is 0 Å². The first-order chi connectivity index (χ1) is 13.1. The van der Waals surface area contributed by atoms with Gasteiger partial charge in [-0.15, -0.1) is 0 Å². The summed E-state index contributed by atoms with van der Waals surface area (Å²) in [5, 5.41) is 9.31. The van der Waals surface area contributed by atoms with Crippen LogP contribution in [0.15, 0.2) is 42.5 Å². The number of carboxylic acid groups (broad SMARTS) is 1. The van der Waals surface area contributed by atoms with E-state index in [-0.39, 0.29) is 24.7 Å². The largest absolute Gasteiger partial charge is 0.478 e. The van der Waals surface area contributed by atoms with Gasteiger partial charge in [0.15, 0.2) is 11.5 Å². The molecule has 1 amide bonds. The van der Waals surface area contributed by atoms with E-state index in [1.807, 2.05) is 18.2 Å². The number of fused-ring (bicyclic) bond motifs is 1. The summed E-state index contributed by atoms with van der Waals surface area (Å²) in [6.07, 6.45) is 0.0107. The van der Waals surface area contributed by atoms with Crippen LogP contribution >= 0.6 is 0 Å². The minimum absolute atomic E-state index is 0.0107. The standard InChI is InChI=1S/C20H21NO6/c1-25-9-8-21(12-14-6-7-17-18(10-14)27-13-26-17)19(22)11-15-4-2-3-5-16(15)20(23)24/h2-7,10H,8-9,11-13H2,1H3,(H,23,24). The number of hydrogen-bond donors (Lipinski definition) is 1. The SMILES string of the molecule is COCCN(Cc1ccc2c(c1)OCO2)C(=O)Cc1ccccc1C(=O)O. The topological polar surface area (TPSA) is 85.3 Å². The molecule has 0 fully saturated rings. The van der Waals surface area contributed by atoms with Gasteiger partial charge in [0, 0.05) is 20.2 Å². The third-order valence-corrected chi connectivity index (χ3v) is 4.32. The van der Waals surface area contributed by atoms with Crippen molar-refractivity contribution in [3.8, 4) is 11.5 Å². The summed E-state index contributed by atoms with van der Waals surface area (Å²) in [5.74, 6) is 0.128. The number of rotatable bonds is 8. The van der Waals surface area contributed by atoms with Crippen LogP contribution in [0.5, 0.6) is 11.5 Å². The van der Waals surface area contributed by atoms with Gasteiger partial charge in [-0.1, -0.05) is 24.3 Å². The van der Waals surface area contributed by atoms with Crippen LogP contribution in [0.1, 0.15) is 21.5 Å². The lowest BCUT2D eigenvalue weighted by Crippen LogP contribution is -2.34. The zero-order chi connectivity index (χ0) is 19.2. The zero-order valence-electron chi connectivity index (χ0n) is 15.0. The number of hydrogen-bond acceptors (Lipinski definition) is 5. The highest BCUT2D eigenvalue weighted by Crippen LogP contribution is 2.32. The summed E-state index contributed by atoms with van der Waals surface area (Å²) in [5.41, 5.74) is 1.53. The number of methoxy groups -OCH3 is 1. The van der Waals surface area contributed by atoms with Crippen LogP contribution in [-0.2, 0) is 22.5 Å². The van der Waals surface area contributed by atoms with Gasteiger partial charge in [0.05, 0.1) is 18.6 Å². The molecule has 7 heteroatoms. The second kappa shape index (κ2) is 8.55. The first kappa shape index (κ1) is 18.7. The van der Waals surface area contributed by atoms with Crippen molar-refractivity contribution < 1.29 is 28.9 Å². The summed E-state index contributed by atoms with van der Waals surface area (Å²) >= 11 is 0. The van der Waals surface area contributed by atoms with Crippen molar-refractivity contribution >= 4 is 11.9 Å². The normalized spacial score (nSPS) is 12.0. The van der Waals surface area contributed by atoms with Gasteiger partial charge in [0.2, 0.25) is 12.7 Å². The van der Waals surface area contributed by atoms with E-state index in [4.69, 9.17) is 14.2 Å². The van der Waals surface area contributed by atoms with Crippen LogP contribution in [0.2, 0.25) is 0 Å². The molecule has 0 aliphatic carbocycles. The Kier molecular flexibility index (Phi) is 5.93. The van der Waals surface area contributed by atoms with E-state index in [1.165, 1.54) is 6.07 Å². The molecule has 142 valence electrons. The molecule has 7 nitrogen and oxygen atoms in total. The summed E-state index contributed by atoms with van der Waals surface area (Å²) in [4.78, 5) is 25.9. The molecule has 1 N–H and O–H groups in total. The van der Waals surface area contributed by atoms with E-state index >= 15 is 0 Å². The van der Waals surface area contributed by atoms with E-state index in [0.29, 0.717) is 36.8 Å². The van der Waals surface area contributed by atoms with Gasteiger partial charge in [0.25, 0.3) is 0 Å². The quantitative estimate of drug-likeness (QED) is 0.767. The number of carbonyl (C=O) groups excluding carboxylic acids is 1. The maximum atomic E-state index is 12.9. The molecule has 0 spiro atoms. The molecule has 1 aliphatic heterocycles. The number of nitrogens with zero attached hydrogens (tertiary/aromatic N) is 1. The van der Waals surface area contributed by atoms with Gasteiger partial charge in [-0.25, -0.2) is 4.79 Å². The van der Waals surface area contributed by atoms with Crippen molar-refractivity contribution in [2.45, 2.75) is 13.0 Å². The first-order valence-electron chi connectivity index (χ1n) is 8.55. The van der Waals surface area contributed by atoms with Gasteiger partial charge in [0.1, 0.15) is 0 Å². The van der Waals surface area contributed by atoms with Crippen molar-refractivity contribution in [2.75, 3.05) is 27.1 Å². The number of benzene rings is 2. The van der Waals surface area contributed by atoms with Crippen LogP contribution in [0, 0.1) is 0 Å². The van der Waals surface area contributed by atoms with E-state index in [9.17, 15) is 14.7 Å². The third kappa shape index (κ3) is 4.57. The fourth-order valence-electron chi connectivity index (χ4n) is 2.91. The molecule has 0 bridgehead atoms. The zero-order valence-corrected chi connectivity index (χ0v) is 15.0. The Labute approximate surface area is 157 Å². The molecule has 1 heterocycles. The summed E-state index contributed by atoms with van der Waals surface area (Å²) in [7, 11) is 1.57. The van der Waals surface area contributed by atoms with Crippen LogP contribution in [0.4, 0.5) is 0 Å². The maximum Gasteiger partial charge on any atom is 0.335 e. The van der Waals surface area contributed by atoms with E-state index < -0.39 is 5.97 Å². The molecule has 2 aromatic carbocycles. The minimum Gasteiger partial charge on any atom is -0.478 e. The smallest absolute Gasteiger partial charge is 0.335 e. The van der Waals surface area contributed by atoms with E-state index in [0.717, 1.165) is 5.56 Å². The van der Waals surface area contributed by atoms with Gasteiger partial charge < -0.3 is 24.2 Å². The molecule has 0 aromatic heterocycles. The van der Waals surface area contributed by atoms with Gasteiger partial charge in [-0.3, -0.25) is 4.79 Å². The molecule has 3 rings (SSSR count). The monoisotopic (exact) mass is 371 g/mol. The van der Waals surface area contributed by atoms with Gasteiger partial charge in [-0.05, 0) is 29.3 Å². The number of aromatic carboxylic acids is 1. The molecule has 0 unspecified atom stereocenters. The molecule has 1 aliphatic rings. The first-order valence-corrected chi connectivity index (χ1v) is 8.55. The molecular formula is C20H21NO6. The number of ether oxygens (including phenoxy) is 3. The Bertz CT molecular complexity index is 835. The minimum atomic E-state index is -1.04. The molecule has 2 aromatic rings. The summed E-state index contributed by atoms with van der Waals surface area (Å²) < 4.78 is 15.8. The predicted molar refractivity (Wildman–Crippen MR) is 97.0 cm³/mol. The van der Waals surface area contributed by atoms with Gasteiger partial charge >= 0.3 is 5.97 Å². The molecule has 0 saturated carbocycles. The summed E-state index contributed by atoms with van der Waals surface area (Å²) in [6, 6.07) is 12.1. The molecule has 0 radical (unpaired) electrons. The Morgan fingerprint density at radius 3 is 2.70 bits per heavy atom. The highest BCUT2D eigenvalue weighted by molar-refractivity contribution is 5.91. The lowest BCUT2D eigenvalue weighted by atomic mass is 10.0. The van der Waals surface area contributed by atoms with E-state index in [2.05, 4.69) is 0 Å². The molecule has 0 saturated heterocycles. The lowest BCUT2D eigenvalue weighted by Gasteiger charge is -2.23. The molecular weight excluding hydrogens is 350 g/mol. The number of carbonyl (C=O) groups is 2. The van der Waals surface area contributed by atoms with Crippen molar-refractivity contribution in [1.29, 1.82) is 0 Å². The highest BCUT2D eigenvalue weighted by Gasteiger charge is 2.20. The fraction of sp³-hybridized carbons (Fsp3) is 0.300. The highest BCUT2D eigenvalue weighted by atomic mass is 16.7.